The van der Waals surface area contributed by atoms with Gasteiger partial charge in [-0.05, 0) is 37.1 Å². The lowest BCUT2D eigenvalue weighted by atomic mass is 10.1. The van der Waals surface area contributed by atoms with E-state index in [1.807, 2.05) is 30.3 Å². The Balaban J connectivity index is 1.71. The molecule has 9 heteroatoms. The molecule has 3 aromatic rings. The Bertz CT molecular complexity index is 1020. The summed E-state index contributed by atoms with van der Waals surface area (Å²) in [6.45, 7) is 3.83. The van der Waals surface area contributed by atoms with E-state index in [1.165, 1.54) is 24.3 Å². The lowest BCUT2D eigenvalue weighted by Gasteiger charge is -2.15. The minimum Gasteiger partial charge on any atom is -0.406 e. The highest BCUT2D eigenvalue weighted by Crippen LogP contribution is 2.25. The smallest absolute Gasteiger partial charge is 0.406 e. The normalized spacial score (nSPS) is 12.5. The van der Waals surface area contributed by atoms with E-state index in [0.717, 1.165) is 5.56 Å². The molecular weight excluding hydrogens is 419 g/mol. The fourth-order valence-corrected chi connectivity index (χ4v) is 3.30. The highest BCUT2D eigenvalue weighted by atomic mass is 35.5. The van der Waals surface area contributed by atoms with Crippen LogP contribution in [-0.2, 0) is 6.54 Å². The first-order chi connectivity index (χ1) is 14.1. The number of aromatic nitrogens is 2. The van der Waals surface area contributed by atoms with Gasteiger partial charge in [0, 0.05) is 0 Å². The molecule has 0 spiro atoms. The van der Waals surface area contributed by atoms with E-state index in [2.05, 4.69) is 15.2 Å². The quantitative estimate of drug-likeness (QED) is 0.570. The van der Waals surface area contributed by atoms with Gasteiger partial charge in [-0.2, -0.15) is 5.10 Å². The van der Waals surface area contributed by atoms with Crippen molar-refractivity contribution in [3.05, 3.63) is 82.1 Å². The largest absolute Gasteiger partial charge is 0.573 e. The van der Waals surface area contributed by atoms with Crippen LogP contribution in [-0.4, -0.2) is 22.1 Å². The molecule has 0 bridgehead atoms. The van der Waals surface area contributed by atoms with Crippen LogP contribution in [0.1, 0.15) is 40.1 Å². The van der Waals surface area contributed by atoms with E-state index < -0.39 is 18.3 Å². The second-order valence-electron chi connectivity index (χ2n) is 6.71. The van der Waals surface area contributed by atoms with E-state index in [4.69, 9.17) is 11.6 Å². The number of amides is 1. The Hall–Kier alpha value is -3.00. The number of hydrogen-bond acceptors (Lipinski definition) is 3. The lowest BCUT2D eigenvalue weighted by Crippen LogP contribution is -2.27. The SMILES string of the molecule is Cc1nn(Cc2ccccc2)c(Cl)c1C(=O)NC(C)c1ccc(OC(F)(F)F)cc1. The maximum atomic E-state index is 12.8. The fraction of sp³-hybridized carbons (Fsp3) is 0.238. The van der Waals surface area contributed by atoms with Gasteiger partial charge >= 0.3 is 6.36 Å². The second kappa shape index (κ2) is 8.79. The monoisotopic (exact) mass is 437 g/mol. The summed E-state index contributed by atoms with van der Waals surface area (Å²) >= 11 is 6.40. The van der Waals surface area contributed by atoms with Gasteiger partial charge < -0.3 is 10.1 Å². The predicted molar refractivity (Wildman–Crippen MR) is 107 cm³/mol. The summed E-state index contributed by atoms with van der Waals surface area (Å²) in [4.78, 5) is 12.8. The Morgan fingerprint density at radius 2 is 1.80 bits per heavy atom. The highest BCUT2D eigenvalue weighted by molar-refractivity contribution is 6.33. The lowest BCUT2D eigenvalue weighted by molar-refractivity contribution is -0.274. The van der Waals surface area contributed by atoms with Gasteiger partial charge in [-0.1, -0.05) is 54.1 Å². The molecule has 0 aliphatic heterocycles. The number of benzene rings is 2. The predicted octanol–water partition coefficient (Wildman–Crippen LogP) is 5.28. The van der Waals surface area contributed by atoms with Crippen LogP contribution in [0.4, 0.5) is 13.2 Å². The molecule has 158 valence electrons. The number of rotatable bonds is 6. The van der Waals surface area contributed by atoms with Crippen molar-refractivity contribution in [1.82, 2.24) is 15.1 Å². The molecule has 0 saturated carbocycles. The van der Waals surface area contributed by atoms with Crippen molar-refractivity contribution >= 4 is 17.5 Å². The van der Waals surface area contributed by atoms with Crippen LogP contribution >= 0.6 is 11.6 Å². The summed E-state index contributed by atoms with van der Waals surface area (Å²) in [5.41, 5.74) is 2.35. The van der Waals surface area contributed by atoms with Crippen molar-refractivity contribution in [2.24, 2.45) is 0 Å². The number of carbonyl (C=O) groups is 1. The van der Waals surface area contributed by atoms with Crippen LogP contribution in [0.3, 0.4) is 0 Å². The molecular formula is C21H19ClF3N3O2. The molecule has 1 heterocycles. The van der Waals surface area contributed by atoms with Gasteiger partial charge in [0.25, 0.3) is 5.91 Å². The van der Waals surface area contributed by atoms with E-state index in [-0.39, 0.29) is 16.5 Å². The van der Waals surface area contributed by atoms with Crippen LogP contribution in [0.5, 0.6) is 5.75 Å². The number of carbonyl (C=O) groups excluding carboxylic acids is 1. The zero-order valence-corrected chi connectivity index (χ0v) is 17.0. The van der Waals surface area contributed by atoms with E-state index in [1.54, 1.807) is 18.5 Å². The van der Waals surface area contributed by atoms with Gasteiger partial charge in [0.15, 0.2) is 0 Å². The molecule has 0 aliphatic carbocycles. The summed E-state index contributed by atoms with van der Waals surface area (Å²) in [7, 11) is 0. The third-order valence-corrected chi connectivity index (χ3v) is 4.81. The number of alkyl halides is 3. The van der Waals surface area contributed by atoms with Gasteiger partial charge in [-0.15, -0.1) is 13.2 Å². The molecule has 1 unspecified atom stereocenters. The van der Waals surface area contributed by atoms with Crippen LogP contribution in [0.2, 0.25) is 5.15 Å². The van der Waals surface area contributed by atoms with Gasteiger partial charge in [0.05, 0.1) is 23.8 Å². The number of hydrogen-bond donors (Lipinski definition) is 1. The van der Waals surface area contributed by atoms with E-state index in [0.29, 0.717) is 17.8 Å². The molecule has 0 saturated heterocycles. The number of nitrogens with one attached hydrogen (secondary N) is 1. The summed E-state index contributed by atoms with van der Waals surface area (Å²) in [5, 5.41) is 7.37. The molecule has 2 aromatic carbocycles. The number of nitrogens with zero attached hydrogens (tertiary/aromatic N) is 2. The van der Waals surface area contributed by atoms with Gasteiger partial charge in [0.1, 0.15) is 10.9 Å². The second-order valence-corrected chi connectivity index (χ2v) is 7.06. The standard InChI is InChI=1S/C21H19ClF3N3O2/c1-13(16-8-10-17(11-9-16)30-21(23,24)25)26-20(29)18-14(2)27-28(19(18)22)12-15-6-4-3-5-7-15/h3-11,13H,12H2,1-2H3,(H,26,29). The molecule has 1 atom stereocenters. The third-order valence-electron chi connectivity index (χ3n) is 4.43. The molecule has 0 radical (unpaired) electrons. The average Bonchev–Trinajstić information content (AvgIpc) is 2.95. The zero-order valence-electron chi connectivity index (χ0n) is 16.2. The van der Waals surface area contributed by atoms with Crippen LogP contribution < -0.4 is 10.1 Å². The zero-order chi connectivity index (χ0) is 21.9. The topological polar surface area (TPSA) is 56.2 Å². The molecule has 5 nitrogen and oxygen atoms in total. The Morgan fingerprint density at radius 3 is 2.40 bits per heavy atom. The van der Waals surface area contributed by atoms with Crippen LogP contribution in [0.25, 0.3) is 0 Å². The number of aryl methyl sites for hydroxylation is 1. The minimum atomic E-state index is -4.75. The fourth-order valence-electron chi connectivity index (χ4n) is 2.98. The minimum absolute atomic E-state index is 0.218. The van der Waals surface area contributed by atoms with Crippen molar-refractivity contribution in [1.29, 1.82) is 0 Å². The molecule has 3 rings (SSSR count). The summed E-state index contributed by atoms with van der Waals surface area (Å²) < 4.78 is 42.2. The maximum absolute atomic E-state index is 12.8. The maximum Gasteiger partial charge on any atom is 0.573 e. The molecule has 0 aliphatic rings. The highest BCUT2D eigenvalue weighted by Gasteiger charge is 2.31. The molecule has 1 amide bonds. The number of halogens is 4. The Labute approximate surface area is 176 Å². The molecule has 0 fully saturated rings. The third kappa shape index (κ3) is 5.33. The van der Waals surface area contributed by atoms with Crippen LogP contribution in [0, 0.1) is 6.92 Å². The average molecular weight is 438 g/mol. The first kappa shape index (κ1) is 21.7. The first-order valence-corrected chi connectivity index (χ1v) is 9.45. The molecule has 30 heavy (non-hydrogen) atoms. The summed E-state index contributed by atoms with van der Waals surface area (Å²) in [5.74, 6) is -0.745. The summed E-state index contributed by atoms with van der Waals surface area (Å²) in [6.07, 6.45) is -4.75. The number of ether oxygens (including phenoxy) is 1. The molecule has 1 aromatic heterocycles. The van der Waals surface area contributed by atoms with Crippen molar-refractivity contribution in [2.75, 3.05) is 0 Å². The van der Waals surface area contributed by atoms with Crippen molar-refractivity contribution < 1.29 is 22.7 Å². The Morgan fingerprint density at radius 1 is 1.17 bits per heavy atom. The van der Waals surface area contributed by atoms with Gasteiger partial charge in [-0.3, -0.25) is 4.79 Å². The first-order valence-electron chi connectivity index (χ1n) is 9.07. The Kier molecular flexibility index (Phi) is 6.36. The van der Waals surface area contributed by atoms with Gasteiger partial charge in [-0.25, -0.2) is 4.68 Å². The van der Waals surface area contributed by atoms with Crippen LogP contribution in [0.15, 0.2) is 54.6 Å². The molecule has 1 N–H and O–H groups in total. The van der Waals surface area contributed by atoms with Gasteiger partial charge in [0.2, 0.25) is 0 Å². The summed E-state index contributed by atoms with van der Waals surface area (Å²) in [6, 6.07) is 14.4. The van der Waals surface area contributed by atoms with E-state index >= 15 is 0 Å². The van der Waals surface area contributed by atoms with E-state index in [9.17, 15) is 18.0 Å². The van der Waals surface area contributed by atoms with Crippen molar-refractivity contribution in [3.8, 4) is 5.75 Å². The van der Waals surface area contributed by atoms with Crippen molar-refractivity contribution in [2.45, 2.75) is 32.8 Å². The van der Waals surface area contributed by atoms with Crippen molar-refractivity contribution in [3.63, 3.8) is 0 Å².